The van der Waals surface area contributed by atoms with E-state index in [9.17, 15) is 4.79 Å². The van der Waals surface area contributed by atoms with Crippen LogP contribution in [0.2, 0.25) is 0 Å². The summed E-state index contributed by atoms with van der Waals surface area (Å²) in [5.41, 5.74) is 1.80. The largest absolute Gasteiger partial charge is 0.465 e. The Balaban J connectivity index is 1.84. The van der Waals surface area contributed by atoms with Crippen molar-refractivity contribution in [1.29, 1.82) is 0 Å². The molecule has 0 aliphatic carbocycles. The highest BCUT2D eigenvalue weighted by atomic mass is 32.1. The number of hydrogen-bond acceptors (Lipinski definition) is 4. The van der Waals surface area contributed by atoms with Gasteiger partial charge >= 0.3 is 5.97 Å². The molecule has 0 bridgehead atoms. The molecule has 0 saturated carbocycles. The summed E-state index contributed by atoms with van der Waals surface area (Å²) in [6.45, 7) is 1.91. The fourth-order valence-electron chi connectivity index (χ4n) is 2.01. The van der Waals surface area contributed by atoms with E-state index in [0.717, 1.165) is 19.5 Å². The predicted octanol–water partition coefficient (Wildman–Crippen LogP) is 3.21. The Hall–Kier alpha value is -1.65. The fraction of sp³-hybridized carbons (Fsp3) is 0.312. The van der Waals surface area contributed by atoms with Gasteiger partial charge in [0, 0.05) is 18.0 Å². The molecule has 0 N–H and O–H groups in total. The van der Waals surface area contributed by atoms with Gasteiger partial charge in [-0.1, -0.05) is 18.2 Å². The lowest BCUT2D eigenvalue weighted by atomic mass is 10.1. The van der Waals surface area contributed by atoms with E-state index in [1.807, 2.05) is 24.3 Å². The minimum Gasteiger partial charge on any atom is -0.465 e. The normalized spacial score (nSPS) is 10.8. The number of carbonyl (C=O) groups excluding carboxylic acids is 1. The summed E-state index contributed by atoms with van der Waals surface area (Å²) < 4.78 is 4.69. The average molecular weight is 289 g/mol. The first-order valence-corrected chi connectivity index (χ1v) is 7.45. The zero-order chi connectivity index (χ0) is 14.4. The maximum Gasteiger partial charge on any atom is 0.337 e. The Morgan fingerprint density at radius 3 is 2.60 bits per heavy atom. The summed E-state index contributed by atoms with van der Waals surface area (Å²) in [6, 6.07) is 11.8. The molecule has 0 radical (unpaired) electrons. The monoisotopic (exact) mass is 289 g/mol. The number of thiophene rings is 1. The molecule has 0 atom stereocenters. The van der Waals surface area contributed by atoms with Gasteiger partial charge in [-0.15, -0.1) is 11.3 Å². The Bertz CT molecular complexity index is 534. The highest BCUT2D eigenvalue weighted by molar-refractivity contribution is 7.09. The summed E-state index contributed by atoms with van der Waals surface area (Å²) in [7, 11) is 3.51. The first kappa shape index (κ1) is 14.8. The second kappa shape index (κ2) is 7.22. The molecular formula is C16H19NO2S. The van der Waals surface area contributed by atoms with Gasteiger partial charge in [0.2, 0.25) is 0 Å². The zero-order valence-electron chi connectivity index (χ0n) is 11.8. The SMILES string of the molecule is COC(=O)c1ccc(CN(C)CCc2cccs2)cc1. The zero-order valence-corrected chi connectivity index (χ0v) is 12.7. The van der Waals surface area contributed by atoms with Crippen LogP contribution in [-0.4, -0.2) is 31.6 Å². The van der Waals surface area contributed by atoms with Crippen molar-refractivity contribution < 1.29 is 9.53 Å². The molecule has 0 amide bonds. The van der Waals surface area contributed by atoms with Crippen LogP contribution in [0.15, 0.2) is 41.8 Å². The Morgan fingerprint density at radius 1 is 1.25 bits per heavy atom. The molecule has 1 aromatic heterocycles. The third kappa shape index (κ3) is 4.18. The Kier molecular flexibility index (Phi) is 5.32. The minimum atomic E-state index is -0.289. The molecule has 2 rings (SSSR count). The van der Waals surface area contributed by atoms with Crippen LogP contribution in [0.25, 0.3) is 0 Å². The van der Waals surface area contributed by atoms with Crippen LogP contribution in [0.1, 0.15) is 20.8 Å². The molecule has 20 heavy (non-hydrogen) atoms. The molecule has 4 heteroatoms. The number of rotatable bonds is 6. The van der Waals surface area contributed by atoms with Crippen LogP contribution >= 0.6 is 11.3 Å². The van der Waals surface area contributed by atoms with Crippen molar-refractivity contribution in [3.05, 3.63) is 57.8 Å². The average Bonchev–Trinajstić information content (AvgIpc) is 2.98. The van der Waals surface area contributed by atoms with Crippen LogP contribution in [0, 0.1) is 0 Å². The van der Waals surface area contributed by atoms with E-state index in [1.165, 1.54) is 17.6 Å². The maximum absolute atomic E-state index is 11.3. The third-order valence-corrected chi connectivity index (χ3v) is 4.08. The summed E-state index contributed by atoms with van der Waals surface area (Å²) in [5.74, 6) is -0.289. The van der Waals surface area contributed by atoms with E-state index in [1.54, 1.807) is 11.3 Å². The van der Waals surface area contributed by atoms with Crippen LogP contribution in [-0.2, 0) is 17.7 Å². The second-order valence-corrected chi connectivity index (χ2v) is 5.79. The number of benzene rings is 1. The van der Waals surface area contributed by atoms with Crippen molar-refractivity contribution in [2.75, 3.05) is 20.7 Å². The minimum absolute atomic E-state index is 0.289. The number of ether oxygens (including phenoxy) is 1. The number of likely N-dealkylation sites (N-methyl/N-ethyl adjacent to an activating group) is 1. The van der Waals surface area contributed by atoms with Gasteiger partial charge in [-0.2, -0.15) is 0 Å². The van der Waals surface area contributed by atoms with Crippen LogP contribution in [0.5, 0.6) is 0 Å². The first-order chi connectivity index (χ1) is 9.69. The topological polar surface area (TPSA) is 29.5 Å². The lowest BCUT2D eigenvalue weighted by Crippen LogP contribution is -2.20. The molecule has 1 aromatic carbocycles. The fourth-order valence-corrected chi connectivity index (χ4v) is 2.71. The molecule has 1 heterocycles. The van der Waals surface area contributed by atoms with Crippen LogP contribution in [0.3, 0.4) is 0 Å². The molecule has 0 aliphatic rings. The van der Waals surface area contributed by atoms with E-state index in [0.29, 0.717) is 5.56 Å². The summed E-state index contributed by atoms with van der Waals surface area (Å²) in [6.07, 6.45) is 1.08. The molecular weight excluding hydrogens is 270 g/mol. The Morgan fingerprint density at radius 2 is 2.00 bits per heavy atom. The van der Waals surface area contributed by atoms with E-state index >= 15 is 0 Å². The summed E-state index contributed by atoms with van der Waals surface area (Å²) in [4.78, 5) is 15.0. The van der Waals surface area contributed by atoms with Gasteiger partial charge in [0.1, 0.15) is 0 Å². The molecule has 3 nitrogen and oxygen atoms in total. The molecule has 2 aromatic rings. The van der Waals surface area contributed by atoms with Crippen molar-refractivity contribution in [3.8, 4) is 0 Å². The number of methoxy groups -OCH3 is 1. The first-order valence-electron chi connectivity index (χ1n) is 6.57. The smallest absolute Gasteiger partial charge is 0.337 e. The van der Waals surface area contributed by atoms with Gasteiger partial charge in [0.25, 0.3) is 0 Å². The number of nitrogens with zero attached hydrogens (tertiary/aromatic N) is 1. The Labute approximate surface area is 123 Å². The number of carbonyl (C=O) groups is 1. The van der Waals surface area contributed by atoms with Crippen molar-refractivity contribution >= 4 is 17.3 Å². The van der Waals surface area contributed by atoms with Crippen molar-refractivity contribution in [1.82, 2.24) is 4.90 Å². The molecule has 0 unspecified atom stereocenters. The molecule has 0 spiro atoms. The van der Waals surface area contributed by atoms with Gasteiger partial charge in [0.05, 0.1) is 12.7 Å². The van der Waals surface area contributed by atoms with Crippen LogP contribution < -0.4 is 0 Å². The van der Waals surface area contributed by atoms with E-state index < -0.39 is 0 Å². The molecule has 0 aliphatic heterocycles. The lowest BCUT2D eigenvalue weighted by Gasteiger charge is -2.16. The van der Waals surface area contributed by atoms with Gasteiger partial charge in [-0.25, -0.2) is 4.79 Å². The molecule has 106 valence electrons. The highest BCUT2D eigenvalue weighted by Gasteiger charge is 2.06. The van der Waals surface area contributed by atoms with Crippen LogP contribution in [0.4, 0.5) is 0 Å². The van der Waals surface area contributed by atoms with Crippen molar-refractivity contribution in [2.24, 2.45) is 0 Å². The van der Waals surface area contributed by atoms with E-state index in [-0.39, 0.29) is 5.97 Å². The van der Waals surface area contributed by atoms with E-state index in [2.05, 4.69) is 34.2 Å². The highest BCUT2D eigenvalue weighted by Crippen LogP contribution is 2.11. The van der Waals surface area contributed by atoms with Gasteiger partial charge < -0.3 is 9.64 Å². The standard InChI is InChI=1S/C16H19NO2S/c1-17(10-9-15-4-3-11-20-15)12-13-5-7-14(8-6-13)16(18)19-2/h3-8,11H,9-10,12H2,1-2H3. The number of esters is 1. The second-order valence-electron chi connectivity index (χ2n) is 4.76. The summed E-state index contributed by atoms with van der Waals surface area (Å²) in [5, 5.41) is 2.11. The van der Waals surface area contributed by atoms with Crippen molar-refractivity contribution in [2.45, 2.75) is 13.0 Å². The molecule has 0 fully saturated rings. The summed E-state index contributed by atoms with van der Waals surface area (Å²) >= 11 is 1.80. The van der Waals surface area contributed by atoms with Gasteiger partial charge in [-0.3, -0.25) is 0 Å². The predicted molar refractivity (Wildman–Crippen MR) is 82.1 cm³/mol. The molecule has 0 saturated heterocycles. The van der Waals surface area contributed by atoms with E-state index in [4.69, 9.17) is 0 Å². The maximum atomic E-state index is 11.3. The third-order valence-electron chi connectivity index (χ3n) is 3.15. The van der Waals surface area contributed by atoms with Gasteiger partial charge in [0.15, 0.2) is 0 Å². The number of hydrogen-bond donors (Lipinski definition) is 0. The van der Waals surface area contributed by atoms with Crippen molar-refractivity contribution in [3.63, 3.8) is 0 Å². The lowest BCUT2D eigenvalue weighted by molar-refractivity contribution is 0.0600. The van der Waals surface area contributed by atoms with Gasteiger partial charge in [-0.05, 0) is 42.6 Å². The quantitative estimate of drug-likeness (QED) is 0.765.